The van der Waals surface area contributed by atoms with Gasteiger partial charge < -0.3 is 15.0 Å². The SMILES string of the molecule is CC1N(CC2CCNC2)CC12CN(C(=O)OC(C)(C)C)C2. The van der Waals surface area contributed by atoms with E-state index in [1.54, 1.807) is 0 Å². The summed E-state index contributed by atoms with van der Waals surface area (Å²) in [4.78, 5) is 16.5. The first-order chi connectivity index (χ1) is 9.79. The van der Waals surface area contributed by atoms with Crippen LogP contribution >= 0.6 is 0 Å². The lowest BCUT2D eigenvalue weighted by Crippen LogP contribution is -2.77. The Morgan fingerprint density at radius 1 is 1.33 bits per heavy atom. The summed E-state index contributed by atoms with van der Waals surface area (Å²) in [5, 5.41) is 3.44. The van der Waals surface area contributed by atoms with Gasteiger partial charge in [0, 0.05) is 37.6 Å². The molecule has 2 unspecified atom stereocenters. The summed E-state index contributed by atoms with van der Waals surface area (Å²) < 4.78 is 5.44. The van der Waals surface area contributed by atoms with Crippen molar-refractivity contribution >= 4 is 6.09 Å². The molecule has 0 aromatic carbocycles. The van der Waals surface area contributed by atoms with Crippen LogP contribution in [0.4, 0.5) is 4.79 Å². The summed E-state index contributed by atoms with van der Waals surface area (Å²) >= 11 is 0. The second-order valence-electron chi connectivity index (χ2n) is 8.16. The molecule has 0 aromatic heterocycles. The highest BCUT2D eigenvalue weighted by Gasteiger charge is 2.58. The molecule has 0 aromatic rings. The van der Waals surface area contributed by atoms with Crippen LogP contribution in [0.3, 0.4) is 0 Å². The molecule has 3 heterocycles. The Balaban J connectivity index is 1.44. The van der Waals surface area contributed by atoms with Crippen LogP contribution < -0.4 is 5.32 Å². The predicted molar refractivity (Wildman–Crippen MR) is 82.3 cm³/mol. The van der Waals surface area contributed by atoms with Gasteiger partial charge in [-0.25, -0.2) is 4.79 Å². The minimum absolute atomic E-state index is 0.154. The van der Waals surface area contributed by atoms with Crippen molar-refractivity contribution < 1.29 is 9.53 Å². The summed E-state index contributed by atoms with van der Waals surface area (Å²) in [6.45, 7) is 14.5. The smallest absolute Gasteiger partial charge is 0.410 e. The first-order valence-electron chi connectivity index (χ1n) is 8.22. The fourth-order valence-electron chi connectivity index (χ4n) is 3.91. The number of likely N-dealkylation sites (tertiary alicyclic amines) is 2. The third-order valence-electron chi connectivity index (χ3n) is 5.27. The molecule has 120 valence electrons. The second kappa shape index (κ2) is 5.13. The van der Waals surface area contributed by atoms with Gasteiger partial charge >= 0.3 is 6.09 Å². The van der Waals surface area contributed by atoms with Crippen molar-refractivity contribution in [1.29, 1.82) is 0 Å². The molecular formula is C16H29N3O2. The minimum Gasteiger partial charge on any atom is -0.444 e. The third-order valence-corrected chi connectivity index (χ3v) is 5.27. The Morgan fingerprint density at radius 3 is 2.57 bits per heavy atom. The second-order valence-corrected chi connectivity index (χ2v) is 8.16. The highest BCUT2D eigenvalue weighted by molar-refractivity contribution is 5.69. The zero-order chi connectivity index (χ0) is 15.3. The molecule has 3 fully saturated rings. The van der Waals surface area contributed by atoms with Crippen molar-refractivity contribution in [1.82, 2.24) is 15.1 Å². The van der Waals surface area contributed by atoms with Gasteiger partial charge in [0.2, 0.25) is 0 Å². The monoisotopic (exact) mass is 295 g/mol. The van der Waals surface area contributed by atoms with Crippen LogP contribution in [-0.2, 0) is 4.74 Å². The number of amides is 1. The van der Waals surface area contributed by atoms with Crippen molar-refractivity contribution in [3.05, 3.63) is 0 Å². The lowest BCUT2D eigenvalue weighted by molar-refractivity contribution is -0.156. The van der Waals surface area contributed by atoms with Crippen LogP contribution in [0.5, 0.6) is 0 Å². The molecule has 21 heavy (non-hydrogen) atoms. The first kappa shape index (κ1) is 15.1. The van der Waals surface area contributed by atoms with E-state index in [1.165, 1.54) is 26.1 Å². The molecule has 1 N–H and O–H groups in total. The lowest BCUT2D eigenvalue weighted by Gasteiger charge is -2.64. The van der Waals surface area contributed by atoms with Gasteiger partial charge in [-0.05, 0) is 53.1 Å². The molecule has 3 aliphatic heterocycles. The van der Waals surface area contributed by atoms with Gasteiger partial charge in [-0.15, -0.1) is 0 Å². The van der Waals surface area contributed by atoms with Crippen molar-refractivity contribution in [2.45, 2.75) is 45.8 Å². The van der Waals surface area contributed by atoms with E-state index in [2.05, 4.69) is 17.1 Å². The van der Waals surface area contributed by atoms with E-state index in [0.29, 0.717) is 11.5 Å². The molecule has 2 atom stereocenters. The van der Waals surface area contributed by atoms with Crippen molar-refractivity contribution in [2.75, 3.05) is 39.3 Å². The molecule has 1 spiro atoms. The van der Waals surface area contributed by atoms with E-state index in [-0.39, 0.29) is 6.09 Å². The van der Waals surface area contributed by atoms with E-state index in [0.717, 1.165) is 25.6 Å². The highest BCUT2D eigenvalue weighted by atomic mass is 16.6. The Labute approximate surface area is 128 Å². The molecule has 5 nitrogen and oxygen atoms in total. The zero-order valence-electron chi connectivity index (χ0n) is 13.8. The first-order valence-corrected chi connectivity index (χ1v) is 8.22. The maximum absolute atomic E-state index is 12.0. The topological polar surface area (TPSA) is 44.8 Å². The maximum atomic E-state index is 12.0. The van der Waals surface area contributed by atoms with E-state index in [4.69, 9.17) is 4.74 Å². The number of nitrogens with zero attached hydrogens (tertiary/aromatic N) is 2. The maximum Gasteiger partial charge on any atom is 0.410 e. The summed E-state index contributed by atoms with van der Waals surface area (Å²) in [6.07, 6.45) is 1.15. The number of nitrogens with one attached hydrogen (secondary N) is 1. The average molecular weight is 295 g/mol. The van der Waals surface area contributed by atoms with Gasteiger partial charge in [0.1, 0.15) is 5.60 Å². The van der Waals surface area contributed by atoms with Gasteiger partial charge in [0.15, 0.2) is 0 Å². The number of rotatable bonds is 2. The normalized spacial score (nSPS) is 31.9. The quantitative estimate of drug-likeness (QED) is 0.839. The van der Waals surface area contributed by atoms with Gasteiger partial charge in [0.25, 0.3) is 0 Å². The molecule has 5 heteroatoms. The highest BCUT2D eigenvalue weighted by Crippen LogP contribution is 2.46. The van der Waals surface area contributed by atoms with Crippen molar-refractivity contribution in [2.24, 2.45) is 11.3 Å². The predicted octanol–water partition coefficient (Wildman–Crippen LogP) is 1.54. The molecular weight excluding hydrogens is 266 g/mol. The van der Waals surface area contributed by atoms with Crippen LogP contribution in [0.1, 0.15) is 34.1 Å². The van der Waals surface area contributed by atoms with Crippen LogP contribution in [0, 0.1) is 11.3 Å². The van der Waals surface area contributed by atoms with Crippen LogP contribution in [0.15, 0.2) is 0 Å². The van der Waals surface area contributed by atoms with Crippen LogP contribution in [-0.4, -0.2) is 66.8 Å². The third kappa shape index (κ3) is 2.90. The Hall–Kier alpha value is -0.810. The summed E-state index contributed by atoms with van der Waals surface area (Å²) in [5.74, 6) is 0.812. The molecule has 0 bridgehead atoms. The summed E-state index contributed by atoms with van der Waals surface area (Å²) in [5.41, 5.74) is -0.0600. The van der Waals surface area contributed by atoms with Gasteiger partial charge in [0.05, 0.1) is 0 Å². The van der Waals surface area contributed by atoms with E-state index in [9.17, 15) is 4.79 Å². The van der Waals surface area contributed by atoms with Gasteiger partial charge in [-0.2, -0.15) is 0 Å². The van der Waals surface area contributed by atoms with Crippen molar-refractivity contribution in [3.8, 4) is 0 Å². The van der Waals surface area contributed by atoms with E-state index >= 15 is 0 Å². The fraction of sp³-hybridized carbons (Fsp3) is 0.938. The van der Waals surface area contributed by atoms with Gasteiger partial charge in [-0.3, -0.25) is 4.90 Å². The fourth-order valence-corrected chi connectivity index (χ4v) is 3.91. The van der Waals surface area contributed by atoms with E-state index in [1.807, 2.05) is 25.7 Å². The standard InChI is InChI=1S/C16H29N3O2/c1-12-16(9-18(12)8-13-5-6-17-7-13)10-19(11-16)14(20)21-15(2,3)4/h12-13,17H,5-11H2,1-4H3. The van der Waals surface area contributed by atoms with Crippen LogP contribution in [0.25, 0.3) is 0 Å². The molecule has 3 rings (SSSR count). The molecule has 0 aliphatic carbocycles. The minimum atomic E-state index is -0.396. The zero-order valence-corrected chi connectivity index (χ0v) is 13.8. The van der Waals surface area contributed by atoms with Crippen molar-refractivity contribution in [3.63, 3.8) is 0 Å². The molecule has 1 amide bonds. The molecule has 3 aliphatic rings. The molecule has 0 radical (unpaired) electrons. The van der Waals surface area contributed by atoms with E-state index < -0.39 is 5.60 Å². The van der Waals surface area contributed by atoms with Gasteiger partial charge in [-0.1, -0.05) is 0 Å². The Morgan fingerprint density at radius 2 is 2.05 bits per heavy atom. The number of carbonyl (C=O) groups is 1. The summed E-state index contributed by atoms with van der Waals surface area (Å²) in [7, 11) is 0. The number of hydrogen-bond acceptors (Lipinski definition) is 4. The average Bonchev–Trinajstić information content (AvgIpc) is 2.81. The lowest BCUT2D eigenvalue weighted by atomic mass is 9.66. The molecule has 3 saturated heterocycles. The Bertz CT molecular complexity index is 406. The molecule has 0 saturated carbocycles. The van der Waals surface area contributed by atoms with Crippen LogP contribution in [0.2, 0.25) is 0 Å². The largest absolute Gasteiger partial charge is 0.444 e. The number of ether oxygens (including phenoxy) is 1. The number of hydrogen-bond donors (Lipinski definition) is 1. The number of carbonyl (C=O) groups excluding carboxylic acids is 1. The Kier molecular flexibility index (Phi) is 3.69. The summed E-state index contributed by atoms with van der Waals surface area (Å²) in [6, 6.07) is 0.594.